The number of hydroxylamine groups is 3. The molecule has 0 aromatic rings. The monoisotopic (exact) mass is 2110 g/mol. The van der Waals surface area contributed by atoms with Crippen LogP contribution in [0.1, 0.15) is 30.4 Å². The smallest absolute Gasteiger partial charge is 0.397 e. The Morgan fingerprint density at radius 1 is 0.403 bits per heavy atom. The highest BCUT2D eigenvalue weighted by Gasteiger charge is 2.61. The number of hydrogen-bond donors (Lipinski definition) is 22. The molecule has 7 heterocycles. The number of aliphatic hydroxyl groups is 6. The van der Waals surface area contributed by atoms with Crippen molar-refractivity contribution < 1.29 is 285 Å². The maximum absolute atomic E-state index is 13.0. The van der Waals surface area contributed by atoms with Crippen LogP contribution in [0.15, 0.2) is 0 Å². The molecular formula is C50H95N7O62S10. The predicted molar refractivity (Wildman–Crippen MR) is 397 cm³/mol. The number of imide groups is 1. The second-order valence-corrected chi connectivity index (χ2v) is 34.8. The van der Waals surface area contributed by atoms with Crippen molar-refractivity contribution in [1.29, 1.82) is 4.78 Å². The van der Waals surface area contributed by atoms with Crippen LogP contribution in [-0.2, 0) is 236 Å². The number of nitrogens with zero attached hydrogens (tertiary/aromatic N) is 1. The van der Waals surface area contributed by atoms with E-state index in [-0.39, 0.29) is 17.9 Å². The summed E-state index contributed by atoms with van der Waals surface area (Å²) < 4.78 is 411. The molecule has 2 amide bonds. The van der Waals surface area contributed by atoms with Crippen LogP contribution >= 0.6 is 0 Å². The van der Waals surface area contributed by atoms with E-state index in [1.165, 1.54) is 38.3 Å². The molecule has 7 saturated heterocycles. The number of rotatable bonds is 38. The summed E-state index contributed by atoms with van der Waals surface area (Å²) >= 11 is 3.33. The number of carbonyl (C=O) groups excluding carboxylic acids is 4. The Morgan fingerprint density at radius 3 is 0.868 bits per heavy atom. The fourth-order valence-corrected chi connectivity index (χ4v) is 16.1. The van der Waals surface area contributed by atoms with Gasteiger partial charge in [0.25, 0.3) is 11.8 Å². The van der Waals surface area contributed by atoms with Gasteiger partial charge in [-0.2, -0.15) is 95.4 Å². The van der Waals surface area contributed by atoms with E-state index in [1.807, 2.05) is 5.48 Å². The molecule has 0 aromatic carbocycles. The number of ether oxygens (including phenoxy) is 15. The van der Waals surface area contributed by atoms with Gasteiger partial charge in [0, 0.05) is 77.7 Å². The van der Waals surface area contributed by atoms with Crippen molar-refractivity contribution in [2.24, 2.45) is 5.73 Å². The van der Waals surface area contributed by atoms with Gasteiger partial charge in [0.05, 0.1) is 19.8 Å². The molecule has 0 aliphatic carbocycles. The van der Waals surface area contributed by atoms with Gasteiger partial charge in [-0.15, -0.1) is 5.06 Å². The number of carboxylic acids is 1. The molecule has 23 N–H and O–H groups in total. The Hall–Kier alpha value is -4.52. The van der Waals surface area contributed by atoms with Crippen LogP contribution in [-0.4, -0.2) is 448 Å². The normalized spacial score (nSPS) is 34.4. The average Bonchev–Trinajstić information content (AvgIpc) is 1.11. The molecule has 7 rings (SSSR count). The molecule has 7 aliphatic rings. The zero-order valence-corrected chi connectivity index (χ0v) is 75.1. The van der Waals surface area contributed by atoms with Crippen molar-refractivity contribution in [1.82, 2.24) is 24.7 Å². The zero-order chi connectivity index (χ0) is 102. The lowest BCUT2D eigenvalue weighted by molar-refractivity contribution is -0.341. The number of aliphatic carboxylic acids is 1. The lowest BCUT2D eigenvalue weighted by Gasteiger charge is -2.47. The van der Waals surface area contributed by atoms with Gasteiger partial charge in [-0.1, -0.05) is 14.8 Å². The summed E-state index contributed by atoms with van der Waals surface area (Å²) in [4.78, 5) is 70.2. The van der Waals surface area contributed by atoms with Gasteiger partial charge in [-0.3, -0.25) is 50.6 Å². The molecular weight excluding hydrogens is 2010 g/mol. The van der Waals surface area contributed by atoms with Crippen LogP contribution in [0.5, 0.6) is 0 Å². The molecule has 7 fully saturated rings. The molecule has 129 heavy (non-hydrogen) atoms. The maximum atomic E-state index is 13.0. The molecule has 0 aromatic heterocycles. The number of nitrogens with two attached hydrogens (primary N) is 1. The van der Waals surface area contributed by atoms with Crippen molar-refractivity contribution in [3.63, 3.8) is 0 Å². The van der Waals surface area contributed by atoms with Crippen molar-refractivity contribution in [2.75, 3.05) is 76.6 Å². The van der Waals surface area contributed by atoms with Gasteiger partial charge >= 0.3 is 111 Å². The summed E-state index contributed by atoms with van der Waals surface area (Å²) in [5, 5.41) is 74.4. The molecule has 30 atom stereocenters. The Morgan fingerprint density at radius 2 is 0.651 bits per heavy atom. The van der Waals surface area contributed by atoms with Gasteiger partial charge in [0.1, 0.15) is 110 Å². The van der Waals surface area contributed by atoms with E-state index in [0.29, 0.717) is 0 Å². The molecule has 0 saturated carbocycles. The van der Waals surface area contributed by atoms with Crippen molar-refractivity contribution in [3.05, 3.63) is 0 Å². The summed E-state index contributed by atoms with van der Waals surface area (Å²) in [5.74, 6) is -6.50. The maximum Gasteiger partial charge on any atom is 0.397 e. The molecule has 762 valence electrons. The van der Waals surface area contributed by atoms with Gasteiger partial charge in [0.15, 0.2) is 74.4 Å². The third kappa shape index (κ3) is 37.8. The molecule has 0 radical (unpaired) electrons. The van der Waals surface area contributed by atoms with E-state index >= 15 is 0 Å². The van der Waals surface area contributed by atoms with E-state index in [1.54, 1.807) is 4.72 Å². The Kier molecular flexibility index (Phi) is 47.5. The van der Waals surface area contributed by atoms with E-state index in [9.17, 15) is 154 Å². The van der Waals surface area contributed by atoms with E-state index in [4.69, 9.17) is 106 Å². The molecule has 0 bridgehead atoms. The quantitative estimate of drug-likeness (QED) is 0.0155. The zero-order valence-electron chi connectivity index (χ0n) is 68.9. The highest BCUT2D eigenvalue weighted by atomic mass is 32.3. The lowest BCUT2D eigenvalue weighted by Crippen LogP contribution is -2.68. The number of carbonyl (C=O) groups is 5. The summed E-state index contributed by atoms with van der Waals surface area (Å²) in [6, 6.07) is -5.84. The first-order valence-electron chi connectivity index (χ1n) is 35.4. The number of aliphatic hydroxyl groups excluding tert-OH is 6. The first-order chi connectivity index (χ1) is 60.2. The first-order valence-corrected chi connectivity index (χ1v) is 46.3. The van der Waals surface area contributed by atoms with Crippen LogP contribution in [0.4, 0.5) is 0 Å². The highest BCUT2D eigenvalue weighted by Crippen LogP contribution is 2.38. The van der Waals surface area contributed by atoms with Gasteiger partial charge in [-0.05, 0) is 7.05 Å². The van der Waals surface area contributed by atoms with E-state index < -0.39 is 327 Å². The van der Waals surface area contributed by atoms with Crippen LogP contribution in [0.3, 0.4) is 0 Å². The molecule has 7 aliphatic heterocycles. The second kappa shape index (κ2) is 51.6. The topological polar surface area (TPSA) is 1030 Å². The Balaban J connectivity index is 0.000000948. The Bertz CT molecular complexity index is 4700. The minimum Gasteiger partial charge on any atom is -0.479 e. The van der Waals surface area contributed by atoms with E-state index in [2.05, 4.69) is 48.1 Å². The first kappa shape index (κ1) is 119. The molecule has 0 spiro atoms. The van der Waals surface area contributed by atoms with Crippen LogP contribution in [0, 0.1) is 4.78 Å². The lowest BCUT2D eigenvalue weighted by atomic mass is 9.96. The number of amides is 2. The molecule has 30 unspecified atom stereocenters. The van der Waals surface area contributed by atoms with Gasteiger partial charge in [0.2, 0.25) is 0 Å². The average molecular weight is 2110 g/mol. The highest BCUT2D eigenvalue weighted by molar-refractivity contribution is 7.84. The fourth-order valence-electron chi connectivity index (χ4n) is 11.9. The molecule has 69 nitrogen and oxygen atoms in total. The summed E-state index contributed by atoms with van der Waals surface area (Å²) in [6.07, 6.45) is -57.2. The Labute approximate surface area is 740 Å². The minimum absolute atomic E-state index is 0.0827. The summed E-state index contributed by atoms with van der Waals surface area (Å²) in [6.45, 7) is -3.57. The third-order valence-corrected chi connectivity index (χ3v) is 21.2. The van der Waals surface area contributed by atoms with E-state index in [0.717, 1.165) is 42.7 Å². The van der Waals surface area contributed by atoms with Crippen LogP contribution < -0.4 is 25.4 Å². The van der Waals surface area contributed by atoms with Crippen LogP contribution in [0.2, 0.25) is 0 Å². The predicted octanol–water partition coefficient (Wildman–Crippen LogP) is -14.6. The third-order valence-electron chi connectivity index (χ3n) is 16.8. The van der Waals surface area contributed by atoms with Crippen molar-refractivity contribution in [2.45, 2.75) is 212 Å². The number of methoxy groups -OCH3 is 6. The number of hydrogen-bond acceptors (Lipinski definition) is 56. The van der Waals surface area contributed by atoms with Gasteiger partial charge in [-0.25, -0.2) is 44.3 Å². The minimum atomic E-state index is -5.50. The largest absolute Gasteiger partial charge is 0.479 e. The standard InChI is InChI=1S/C18H28N2O22S3.C15H28N2O20S3.C14H25NO20S3.CH5N.2CH4.HNS/c1-35-13-11(24)14(42-45(32,33)34)18(40-15(13)16(25)41-20-7(21)3-4-8(20)22)39-12-6(5-37-44(29,30)31)38-17(36-2)9(10(12)23)19-43(26,27)28;1-16-36-13(20)12-10(30-2)8(19)11(37-40(27,28)29)15(35-12)34-9-5(4-32-39(24,25)26)33-14(31-3)6(7(9)18)17-38(21,22)23;1-29-9-7(17)10(35-38(26,27)28)14(34-11(9)12(18)19)33-8-4(3-31-37(23,24)25)32-13(30-2)5(6(8)16)15-36(20,21)22;1-2;;;1-2/h6,9-15,17-19,23-24H,3-5H2,1-2H3,(H,26,27,28)(H,29,30,31)(H,32,33,34);5-12,14-19H,4H2,1-3H3,(H,21,22,23)(H,24,25,26)(H,27,28,29);4-11,13-17H,3H2,1-2H3,(H,18,19)(H,20,21,22)(H,23,24,25)(H,26,27,28);2H2,1H3;2*1H4;1H/i;;;;2*1D;. The SMILES string of the molecule is CN.CNOC(=O)C1OC(OC2C(COS(=O)(=O)O)OC(OC)C(NS(=O)(=O)O)C2O)C(OS(=O)(=O)O)C(O)C1OC.COC1OC(COS(=O)(=O)O)C(OC2OC(C(=O)O)C(OC)C(O)C2OS(=O)(=O)O)C(O)C1NS(=O)(=O)O.COC1OC(COS(=O)(=O)O)C(OC2OC(C(=O)ON3C(=O)CCC3=O)C(OC)C(O)C2OS(=O)(=O)O)C(O)C1NS(=O)(=O)O.N=S.[2H]C.[2H]C. The number of nitrogens with one attached hydrogen (secondary N) is 5. The van der Waals surface area contributed by atoms with Crippen molar-refractivity contribution in [3.8, 4) is 0 Å². The summed E-state index contributed by atoms with van der Waals surface area (Å²) in [5.41, 5.74) is 6.52. The van der Waals surface area contributed by atoms with Crippen LogP contribution in [0.25, 0.3) is 0 Å². The second-order valence-electron chi connectivity index (χ2n) is 24.9. The fraction of sp³-hybridized carbons (Fsp3) is 0.900. The molecule has 79 heteroatoms. The van der Waals surface area contributed by atoms with Gasteiger partial charge < -0.3 is 122 Å². The summed E-state index contributed by atoms with van der Waals surface area (Å²) in [7, 11) is -36.4. The van der Waals surface area contributed by atoms with Crippen molar-refractivity contribution >= 4 is 135 Å². The number of carboxylic acid groups (broad SMARTS) is 1.